The number of halogens is 2. The van der Waals surface area contributed by atoms with E-state index in [-0.39, 0.29) is 5.75 Å². The summed E-state index contributed by atoms with van der Waals surface area (Å²) in [6, 6.07) is 6.62. The maximum absolute atomic E-state index is 12.0. The zero-order chi connectivity index (χ0) is 13.7. The molecule has 2 aromatic rings. The molecule has 0 radical (unpaired) electrons. The first kappa shape index (κ1) is 13.9. The van der Waals surface area contributed by atoms with E-state index < -0.39 is 6.61 Å². The van der Waals surface area contributed by atoms with E-state index >= 15 is 0 Å². The molecule has 1 N–H and O–H groups in total. The summed E-state index contributed by atoms with van der Waals surface area (Å²) in [4.78, 5) is 5.35. The summed E-state index contributed by atoms with van der Waals surface area (Å²) >= 11 is 1.66. The number of rotatable bonds is 6. The van der Waals surface area contributed by atoms with Crippen molar-refractivity contribution in [1.82, 2.24) is 10.3 Å². The first-order valence-corrected chi connectivity index (χ1v) is 6.61. The zero-order valence-corrected chi connectivity index (χ0v) is 11.2. The van der Waals surface area contributed by atoms with Gasteiger partial charge in [0.05, 0.1) is 5.01 Å². The van der Waals surface area contributed by atoms with Gasteiger partial charge in [0, 0.05) is 24.2 Å². The van der Waals surface area contributed by atoms with Gasteiger partial charge in [0.25, 0.3) is 0 Å². The minimum atomic E-state index is -2.78. The van der Waals surface area contributed by atoms with Crippen LogP contribution in [0.25, 0.3) is 0 Å². The van der Waals surface area contributed by atoms with Gasteiger partial charge in [-0.2, -0.15) is 8.78 Å². The van der Waals surface area contributed by atoms with Gasteiger partial charge in [-0.15, -0.1) is 11.3 Å². The molecule has 3 nitrogen and oxygen atoms in total. The lowest BCUT2D eigenvalue weighted by molar-refractivity contribution is -0.0498. The van der Waals surface area contributed by atoms with Crippen LogP contribution < -0.4 is 10.1 Å². The molecule has 0 spiro atoms. The minimum absolute atomic E-state index is 0.178. The van der Waals surface area contributed by atoms with Crippen molar-refractivity contribution in [2.24, 2.45) is 0 Å². The lowest BCUT2D eigenvalue weighted by atomic mass is 10.2. The highest BCUT2D eigenvalue weighted by molar-refractivity contribution is 7.11. The average molecular weight is 284 g/mol. The number of thiazole rings is 1. The predicted molar refractivity (Wildman–Crippen MR) is 70.5 cm³/mol. The second kappa shape index (κ2) is 6.58. The van der Waals surface area contributed by atoms with Crippen molar-refractivity contribution < 1.29 is 13.5 Å². The Bertz CT molecular complexity index is 514. The Balaban J connectivity index is 1.79. The number of hydrogen-bond donors (Lipinski definition) is 1. The van der Waals surface area contributed by atoms with E-state index in [1.165, 1.54) is 4.88 Å². The lowest BCUT2D eigenvalue weighted by Gasteiger charge is -2.06. The predicted octanol–water partition coefficient (Wildman–Crippen LogP) is 3.34. The van der Waals surface area contributed by atoms with Crippen LogP contribution in [0.3, 0.4) is 0 Å². The van der Waals surface area contributed by atoms with Gasteiger partial charge in [0.1, 0.15) is 5.75 Å². The number of ether oxygens (including phenoxy) is 1. The molecule has 1 aromatic heterocycles. The van der Waals surface area contributed by atoms with Crippen LogP contribution in [0.1, 0.15) is 15.4 Å². The molecule has 1 aromatic carbocycles. The summed E-state index contributed by atoms with van der Waals surface area (Å²) in [7, 11) is 0. The Morgan fingerprint density at radius 3 is 2.58 bits per heavy atom. The van der Waals surface area contributed by atoms with Crippen LogP contribution >= 0.6 is 11.3 Å². The molecular weight excluding hydrogens is 270 g/mol. The molecule has 0 bridgehead atoms. The Labute approximate surface area is 114 Å². The minimum Gasteiger partial charge on any atom is -0.435 e. The van der Waals surface area contributed by atoms with Crippen molar-refractivity contribution >= 4 is 11.3 Å². The van der Waals surface area contributed by atoms with Crippen LogP contribution in [0.15, 0.2) is 30.5 Å². The molecule has 0 fully saturated rings. The Kier molecular flexibility index (Phi) is 4.81. The van der Waals surface area contributed by atoms with E-state index in [9.17, 15) is 8.78 Å². The molecule has 0 aliphatic carbocycles. The second-order valence-corrected chi connectivity index (χ2v) is 5.29. The van der Waals surface area contributed by atoms with Gasteiger partial charge < -0.3 is 10.1 Å². The highest BCUT2D eigenvalue weighted by Crippen LogP contribution is 2.15. The Morgan fingerprint density at radius 1 is 1.26 bits per heavy atom. The van der Waals surface area contributed by atoms with E-state index in [1.807, 2.05) is 13.1 Å². The average Bonchev–Trinajstić information content (AvgIpc) is 2.77. The standard InChI is InChI=1S/C13H14F2N2OS/c1-9-17-8-12(19-9)7-16-6-10-2-4-11(5-3-10)18-13(14)15/h2-5,8,13,16H,6-7H2,1H3. The number of aryl methyl sites for hydroxylation is 1. The molecule has 102 valence electrons. The summed E-state index contributed by atoms with van der Waals surface area (Å²) < 4.78 is 28.2. The summed E-state index contributed by atoms with van der Waals surface area (Å²) in [5, 5.41) is 4.32. The summed E-state index contributed by atoms with van der Waals surface area (Å²) in [6.07, 6.45) is 1.85. The summed E-state index contributed by atoms with van der Waals surface area (Å²) in [6.45, 7) is 0.612. The number of aromatic nitrogens is 1. The molecule has 0 atom stereocenters. The largest absolute Gasteiger partial charge is 0.435 e. The maximum atomic E-state index is 12.0. The highest BCUT2D eigenvalue weighted by Gasteiger charge is 2.03. The lowest BCUT2D eigenvalue weighted by Crippen LogP contribution is -2.11. The van der Waals surface area contributed by atoms with E-state index in [4.69, 9.17) is 0 Å². The van der Waals surface area contributed by atoms with Gasteiger partial charge in [-0.1, -0.05) is 12.1 Å². The van der Waals surface area contributed by atoms with Crippen LogP contribution in [0, 0.1) is 6.92 Å². The molecule has 1 heterocycles. The van der Waals surface area contributed by atoms with Crippen LogP contribution in [0.2, 0.25) is 0 Å². The molecule has 0 aliphatic heterocycles. The SMILES string of the molecule is Cc1ncc(CNCc2ccc(OC(F)F)cc2)s1. The Morgan fingerprint density at radius 2 is 2.00 bits per heavy atom. The number of hydrogen-bond acceptors (Lipinski definition) is 4. The van der Waals surface area contributed by atoms with Crippen molar-refractivity contribution in [3.8, 4) is 5.75 Å². The third-order valence-electron chi connectivity index (χ3n) is 2.45. The number of nitrogens with zero attached hydrogens (tertiary/aromatic N) is 1. The fourth-order valence-corrected chi connectivity index (χ4v) is 2.37. The summed E-state index contributed by atoms with van der Waals surface area (Å²) in [5.41, 5.74) is 1.02. The van der Waals surface area contributed by atoms with Crippen molar-refractivity contribution in [1.29, 1.82) is 0 Å². The van der Waals surface area contributed by atoms with Crippen LogP contribution in [-0.2, 0) is 13.1 Å². The monoisotopic (exact) mass is 284 g/mol. The van der Waals surface area contributed by atoms with Crippen molar-refractivity contribution in [3.05, 3.63) is 45.9 Å². The maximum Gasteiger partial charge on any atom is 0.387 e. The molecule has 0 aliphatic rings. The van der Waals surface area contributed by atoms with Crippen LogP contribution in [0.5, 0.6) is 5.75 Å². The molecule has 0 unspecified atom stereocenters. The molecule has 0 saturated carbocycles. The Hall–Kier alpha value is -1.53. The fourth-order valence-electron chi connectivity index (χ4n) is 1.61. The molecule has 0 saturated heterocycles. The first-order valence-electron chi connectivity index (χ1n) is 5.79. The quantitative estimate of drug-likeness (QED) is 0.883. The van der Waals surface area contributed by atoms with Gasteiger partial charge in [-0.3, -0.25) is 0 Å². The zero-order valence-electron chi connectivity index (χ0n) is 10.4. The van der Waals surface area contributed by atoms with Crippen molar-refractivity contribution in [2.45, 2.75) is 26.6 Å². The fraction of sp³-hybridized carbons (Fsp3) is 0.308. The molecule has 6 heteroatoms. The van der Waals surface area contributed by atoms with Crippen LogP contribution in [-0.4, -0.2) is 11.6 Å². The number of alkyl halides is 2. The number of benzene rings is 1. The third-order valence-corrected chi connectivity index (χ3v) is 3.36. The van der Waals surface area contributed by atoms with E-state index in [0.29, 0.717) is 6.54 Å². The van der Waals surface area contributed by atoms with Crippen LogP contribution in [0.4, 0.5) is 8.78 Å². The topological polar surface area (TPSA) is 34.2 Å². The third kappa shape index (κ3) is 4.57. The summed E-state index contributed by atoms with van der Waals surface area (Å²) in [5.74, 6) is 0.178. The molecule has 2 rings (SSSR count). The van der Waals surface area contributed by atoms with E-state index in [0.717, 1.165) is 17.1 Å². The molecular formula is C13H14F2N2OS. The second-order valence-electron chi connectivity index (χ2n) is 3.97. The van der Waals surface area contributed by atoms with E-state index in [2.05, 4.69) is 15.0 Å². The van der Waals surface area contributed by atoms with Gasteiger partial charge in [-0.05, 0) is 24.6 Å². The molecule has 19 heavy (non-hydrogen) atoms. The van der Waals surface area contributed by atoms with Crippen molar-refractivity contribution in [2.75, 3.05) is 0 Å². The smallest absolute Gasteiger partial charge is 0.387 e. The number of nitrogens with one attached hydrogen (secondary N) is 1. The van der Waals surface area contributed by atoms with Gasteiger partial charge in [0.2, 0.25) is 0 Å². The highest BCUT2D eigenvalue weighted by atomic mass is 32.1. The normalized spacial score (nSPS) is 10.9. The van der Waals surface area contributed by atoms with Gasteiger partial charge in [0.15, 0.2) is 0 Å². The first-order chi connectivity index (χ1) is 9.13. The molecule has 0 amide bonds. The van der Waals surface area contributed by atoms with Crippen molar-refractivity contribution in [3.63, 3.8) is 0 Å². The van der Waals surface area contributed by atoms with Gasteiger partial charge in [-0.25, -0.2) is 4.98 Å². The van der Waals surface area contributed by atoms with Gasteiger partial charge >= 0.3 is 6.61 Å². The van der Waals surface area contributed by atoms with E-state index in [1.54, 1.807) is 35.6 Å².